The van der Waals surface area contributed by atoms with Gasteiger partial charge in [-0.05, 0) is 5.56 Å². The van der Waals surface area contributed by atoms with Gasteiger partial charge < -0.3 is 5.11 Å². The number of hydrogen-bond acceptors (Lipinski definition) is 2. The zero-order valence-corrected chi connectivity index (χ0v) is 7.73. The Morgan fingerprint density at radius 3 is 2.57 bits per heavy atom. The Morgan fingerprint density at radius 2 is 2.00 bits per heavy atom. The second-order valence-electron chi connectivity index (χ2n) is 3.56. The summed E-state index contributed by atoms with van der Waals surface area (Å²) in [6.07, 6.45) is 0. The second kappa shape index (κ2) is 2.94. The predicted octanol–water partition coefficient (Wildman–Crippen LogP) is 1.69. The average molecular weight is 190 g/mol. The molecule has 0 bridgehead atoms. The predicted molar refractivity (Wildman–Crippen MR) is 50.3 cm³/mol. The van der Waals surface area contributed by atoms with E-state index in [1.165, 1.54) is 0 Å². The Morgan fingerprint density at radius 1 is 1.36 bits per heavy atom. The van der Waals surface area contributed by atoms with Crippen LogP contribution in [0.2, 0.25) is 0 Å². The van der Waals surface area contributed by atoms with Crippen LogP contribution in [-0.2, 0) is 4.79 Å². The highest BCUT2D eigenvalue weighted by Crippen LogP contribution is 2.37. The van der Waals surface area contributed by atoms with Gasteiger partial charge >= 0.3 is 5.97 Å². The van der Waals surface area contributed by atoms with Gasteiger partial charge in [0, 0.05) is 11.5 Å². The maximum atomic E-state index is 11.7. The summed E-state index contributed by atoms with van der Waals surface area (Å²) in [5.74, 6) is -2.40. The third-order valence-corrected chi connectivity index (χ3v) is 2.77. The van der Waals surface area contributed by atoms with Gasteiger partial charge in [-0.15, -0.1) is 0 Å². The molecule has 0 saturated heterocycles. The van der Waals surface area contributed by atoms with E-state index >= 15 is 0 Å². The maximum absolute atomic E-state index is 11.7. The van der Waals surface area contributed by atoms with E-state index in [1.807, 2.05) is 12.1 Å². The summed E-state index contributed by atoms with van der Waals surface area (Å²) >= 11 is 0. The zero-order valence-electron chi connectivity index (χ0n) is 7.73. The maximum Gasteiger partial charge on any atom is 0.315 e. The van der Waals surface area contributed by atoms with E-state index in [-0.39, 0.29) is 11.7 Å². The highest BCUT2D eigenvalue weighted by molar-refractivity contribution is 6.12. The van der Waals surface area contributed by atoms with E-state index < -0.39 is 11.9 Å². The number of carboxylic acids is 1. The fourth-order valence-electron chi connectivity index (χ4n) is 2.02. The highest BCUT2D eigenvalue weighted by atomic mass is 16.4. The fourth-order valence-corrected chi connectivity index (χ4v) is 2.02. The number of carboxylic acid groups (broad SMARTS) is 1. The summed E-state index contributed by atoms with van der Waals surface area (Å²) in [5, 5.41) is 8.91. The van der Waals surface area contributed by atoms with Gasteiger partial charge in [0.05, 0.1) is 0 Å². The molecule has 14 heavy (non-hydrogen) atoms. The standard InChI is InChI=1S/C11H10O3/c1-6-7-4-2-3-5-8(7)10(12)9(6)11(13)14/h2-6,9H,1H3,(H,13,14). The van der Waals surface area contributed by atoms with Crippen molar-refractivity contribution in [1.29, 1.82) is 0 Å². The van der Waals surface area contributed by atoms with Gasteiger partial charge in [0.15, 0.2) is 5.78 Å². The molecule has 3 nitrogen and oxygen atoms in total. The van der Waals surface area contributed by atoms with Crippen LogP contribution in [0.4, 0.5) is 0 Å². The number of fused-ring (bicyclic) bond motifs is 1. The molecular weight excluding hydrogens is 180 g/mol. The second-order valence-corrected chi connectivity index (χ2v) is 3.56. The van der Waals surface area contributed by atoms with Crippen molar-refractivity contribution in [2.75, 3.05) is 0 Å². The first-order chi connectivity index (χ1) is 6.63. The molecule has 2 atom stereocenters. The van der Waals surface area contributed by atoms with Gasteiger partial charge in [-0.2, -0.15) is 0 Å². The molecule has 0 fully saturated rings. The van der Waals surface area contributed by atoms with Gasteiger partial charge in [0.1, 0.15) is 5.92 Å². The molecule has 1 aromatic carbocycles. The molecule has 1 aromatic rings. The Hall–Kier alpha value is -1.64. The summed E-state index contributed by atoms with van der Waals surface area (Å²) < 4.78 is 0. The van der Waals surface area contributed by atoms with Gasteiger partial charge in [-0.1, -0.05) is 31.2 Å². The van der Waals surface area contributed by atoms with E-state index in [2.05, 4.69) is 0 Å². The van der Waals surface area contributed by atoms with Gasteiger partial charge in [-0.25, -0.2) is 0 Å². The monoisotopic (exact) mass is 190 g/mol. The van der Waals surface area contributed by atoms with Crippen molar-refractivity contribution in [2.45, 2.75) is 12.8 Å². The van der Waals surface area contributed by atoms with E-state index in [1.54, 1.807) is 19.1 Å². The van der Waals surface area contributed by atoms with Crippen LogP contribution in [0.15, 0.2) is 24.3 Å². The SMILES string of the molecule is CC1c2ccccc2C(=O)C1C(=O)O. The number of carbonyl (C=O) groups excluding carboxylic acids is 1. The summed E-state index contributed by atoms with van der Waals surface area (Å²) in [4.78, 5) is 22.5. The van der Waals surface area contributed by atoms with E-state index in [0.717, 1.165) is 5.56 Å². The molecule has 0 aliphatic heterocycles. The van der Waals surface area contributed by atoms with E-state index in [9.17, 15) is 9.59 Å². The molecule has 1 aliphatic rings. The molecule has 1 N–H and O–H groups in total. The van der Waals surface area contributed by atoms with Crippen LogP contribution >= 0.6 is 0 Å². The number of Topliss-reactive ketones (excluding diaryl/α,β-unsaturated/α-hetero) is 1. The molecular formula is C11H10O3. The third-order valence-electron chi connectivity index (χ3n) is 2.77. The zero-order chi connectivity index (χ0) is 10.3. The summed E-state index contributed by atoms with van der Waals surface area (Å²) in [5.41, 5.74) is 1.41. The van der Waals surface area contributed by atoms with Crippen LogP contribution < -0.4 is 0 Å². The minimum atomic E-state index is -1.03. The topological polar surface area (TPSA) is 54.4 Å². The number of aliphatic carboxylic acids is 1. The minimum absolute atomic E-state index is 0.212. The Labute approximate surface area is 81.4 Å². The number of rotatable bonds is 1. The van der Waals surface area contributed by atoms with Crippen LogP contribution in [0.1, 0.15) is 28.8 Å². The normalized spacial score (nSPS) is 24.8. The minimum Gasteiger partial charge on any atom is -0.481 e. The average Bonchev–Trinajstić information content (AvgIpc) is 2.41. The first-order valence-corrected chi connectivity index (χ1v) is 4.49. The Bertz CT molecular complexity index is 409. The van der Waals surface area contributed by atoms with Crippen molar-refractivity contribution in [1.82, 2.24) is 0 Å². The largest absolute Gasteiger partial charge is 0.481 e. The van der Waals surface area contributed by atoms with Crippen molar-refractivity contribution in [3.63, 3.8) is 0 Å². The highest BCUT2D eigenvalue weighted by Gasteiger charge is 2.41. The van der Waals surface area contributed by atoms with Crippen LogP contribution in [0, 0.1) is 5.92 Å². The molecule has 0 spiro atoms. The Balaban J connectivity index is 2.53. The summed E-state index contributed by atoms with van der Waals surface area (Å²) in [6, 6.07) is 7.10. The fraction of sp³-hybridized carbons (Fsp3) is 0.273. The first-order valence-electron chi connectivity index (χ1n) is 4.49. The van der Waals surface area contributed by atoms with Gasteiger partial charge in [-0.3, -0.25) is 9.59 Å². The van der Waals surface area contributed by atoms with Gasteiger partial charge in [0.2, 0.25) is 0 Å². The van der Waals surface area contributed by atoms with Crippen LogP contribution in [0.5, 0.6) is 0 Å². The molecule has 0 saturated carbocycles. The van der Waals surface area contributed by atoms with Crippen molar-refractivity contribution in [2.24, 2.45) is 5.92 Å². The third kappa shape index (κ3) is 1.05. The van der Waals surface area contributed by atoms with Crippen LogP contribution in [0.3, 0.4) is 0 Å². The van der Waals surface area contributed by atoms with Crippen molar-refractivity contribution in [3.8, 4) is 0 Å². The van der Waals surface area contributed by atoms with Crippen molar-refractivity contribution in [3.05, 3.63) is 35.4 Å². The molecule has 1 aliphatic carbocycles. The van der Waals surface area contributed by atoms with E-state index in [4.69, 9.17) is 5.11 Å². The lowest BCUT2D eigenvalue weighted by Gasteiger charge is -2.08. The van der Waals surface area contributed by atoms with Gasteiger partial charge in [0.25, 0.3) is 0 Å². The van der Waals surface area contributed by atoms with Crippen molar-refractivity contribution >= 4 is 11.8 Å². The van der Waals surface area contributed by atoms with Crippen molar-refractivity contribution < 1.29 is 14.7 Å². The van der Waals surface area contributed by atoms with Crippen LogP contribution in [-0.4, -0.2) is 16.9 Å². The smallest absolute Gasteiger partial charge is 0.315 e. The number of carbonyl (C=O) groups is 2. The molecule has 2 rings (SSSR count). The lowest BCUT2D eigenvalue weighted by molar-refractivity contribution is -0.140. The quantitative estimate of drug-likeness (QED) is 0.685. The molecule has 2 unspecified atom stereocenters. The Kier molecular flexibility index (Phi) is 1.88. The molecule has 0 heterocycles. The number of ketones is 1. The first kappa shape index (κ1) is 8.94. The number of benzene rings is 1. The molecule has 3 heteroatoms. The van der Waals surface area contributed by atoms with E-state index in [0.29, 0.717) is 5.56 Å². The lowest BCUT2D eigenvalue weighted by atomic mass is 9.94. The number of hydrogen-bond donors (Lipinski definition) is 1. The molecule has 72 valence electrons. The molecule has 0 aromatic heterocycles. The summed E-state index contributed by atoms with van der Waals surface area (Å²) in [7, 11) is 0. The lowest BCUT2D eigenvalue weighted by Crippen LogP contribution is -2.22. The molecule has 0 amide bonds. The summed E-state index contributed by atoms with van der Waals surface area (Å²) in [6.45, 7) is 1.78. The molecule has 0 radical (unpaired) electrons. The van der Waals surface area contributed by atoms with Crippen LogP contribution in [0.25, 0.3) is 0 Å².